The van der Waals surface area contributed by atoms with E-state index in [1.165, 1.54) is 0 Å². The zero-order valence-electron chi connectivity index (χ0n) is 11.4. The first-order valence-electron chi connectivity index (χ1n) is 6.94. The summed E-state index contributed by atoms with van der Waals surface area (Å²) in [6.45, 7) is 3.30. The highest BCUT2D eigenvalue weighted by Crippen LogP contribution is 2.33. The van der Waals surface area contributed by atoms with Crippen molar-refractivity contribution in [3.05, 3.63) is 29.8 Å². The summed E-state index contributed by atoms with van der Waals surface area (Å²) in [6, 6.07) is 8.57. The van der Waals surface area contributed by atoms with Crippen LogP contribution in [0.1, 0.15) is 5.56 Å². The zero-order valence-corrected chi connectivity index (χ0v) is 11.4. The Bertz CT molecular complexity index is 647. The largest absolute Gasteiger partial charge is 0.360 e. The summed E-state index contributed by atoms with van der Waals surface area (Å²) in [5.41, 5.74) is 3.21. The summed E-state index contributed by atoms with van der Waals surface area (Å²) in [7, 11) is 1.87. The summed E-state index contributed by atoms with van der Waals surface area (Å²) < 4.78 is 0. The van der Waals surface area contributed by atoms with Crippen LogP contribution >= 0.6 is 0 Å². The SMILES string of the molecule is CN1CC2CN(C3=C=Nc4ccccc43)CCN2C1=O. The molecule has 0 aliphatic carbocycles. The molecule has 0 saturated carbocycles. The summed E-state index contributed by atoms with van der Waals surface area (Å²) in [4.78, 5) is 22.4. The molecule has 5 nitrogen and oxygen atoms in total. The van der Waals surface area contributed by atoms with Crippen LogP contribution in [0.4, 0.5) is 10.5 Å². The van der Waals surface area contributed by atoms with Crippen LogP contribution in [-0.4, -0.2) is 65.9 Å². The molecule has 0 radical (unpaired) electrons. The Balaban J connectivity index is 1.58. The van der Waals surface area contributed by atoms with Crippen molar-refractivity contribution >= 4 is 23.3 Å². The fourth-order valence-corrected chi connectivity index (χ4v) is 3.27. The lowest BCUT2D eigenvalue weighted by atomic mass is 10.1. The monoisotopic (exact) mass is 268 g/mol. The summed E-state index contributed by atoms with van der Waals surface area (Å²) in [5.74, 6) is 3.14. The van der Waals surface area contributed by atoms with Crippen molar-refractivity contribution in [2.24, 2.45) is 4.99 Å². The molecule has 2 amide bonds. The topological polar surface area (TPSA) is 39.1 Å². The van der Waals surface area contributed by atoms with Crippen molar-refractivity contribution in [3.8, 4) is 0 Å². The Morgan fingerprint density at radius 3 is 3.00 bits per heavy atom. The van der Waals surface area contributed by atoms with E-state index in [1.807, 2.05) is 30.1 Å². The molecule has 20 heavy (non-hydrogen) atoms. The Kier molecular flexibility index (Phi) is 2.38. The number of hydrogen-bond acceptors (Lipinski definition) is 3. The van der Waals surface area contributed by atoms with Crippen molar-refractivity contribution in [3.63, 3.8) is 0 Å². The Hall–Kier alpha value is -2.26. The minimum atomic E-state index is 0.157. The Labute approximate surface area is 117 Å². The molecule has 4 rings (SSSR count). The normalized spacial score (nSPS) is 24.1. The quantitative estimate of drug-likeness (QED) is 0.772. The van der Waals surface area contributed by atoms with Crippen LogP contribution < -0.4 is 0 Å². The van der Waals surface area contributed by atoms with Crippen LogP contribution in [0.5, 0.6) is 0 Å². The molecule has 0 spiro atoms. The van der Waals surface area contributed by atoms with Gasteiger partial charge in [-0.25, -0.2) is 9.79 Å². The summed E-state index contributed by atoms with van der Waals surface area (Å²) >= 11 is 0. The first-order chi connectivity index (χ1) is 9.74. The second-order valence-electron chi connectivity index (χ2n) is 5.55. The van der Waals surface area contributed by atoms with Gasteiger partial charge in [-0.2, -0.15) is 0 Å². The van der Waals surface area contributed by atoms with E-state index < -0.39 is 0 Å². The molecular formula is C15H16N4O. The van der Waals surface area contributed by atoms with Gasteiger partial charge < -0.3 is 14.7 Å². The third-order valence-corrected chi connectivity index (χ3v) is 4.30. The number of carbonyl (C=O) groups excluding carboxylic acids is 1. The molecule has 102 valence electrons. The van der Waals surface area contributed by atoms with Crippen molar-refractivity contribution in [1.82, 2.24) is 14.7 Å². The minimum absolute atomic E-state index is 0.157. The molecule has 3 aliphatic rings. The highest BCUT2D eigenvalue weighted by atomic mass is 16.2. The van der Waals surface area contributed by atoms with Crippen molar-refractivity contribution in [1.29, 1.82) is 0 Å². The van der Waals surface area contributed by atoms with Crippen LogP contribution in [0.3, 0.4) is 0 Å². The minimum Gasteiger partial charge on any atom is -0.360 e. The van der Waals surface area contributed by atoms with E-state index in [0.717, 1.165) is 43.1 Å². The first-order valence-corrected chi connectivity index (χ1v) is 6.94. The maximum atomic E-state index is 12.0. The van der Waals surface area contributed by atoms with E-state index in [-0.39, 0.29) is 12.1 Å². The van der Waals surface area contributed by atoms with E-state index >= 15 is 0 Å². The number of piperazine rings is 1. The molecule has 1 unspecified atom stereocenters. The molecule has 0 aromatic heterocycles. The van der Waals surface area contributed by atoms with E-state index in [0.29, 0.717) is 0 Å². The number of benzene rings is 1. The van der Waals surface area contributed by atoms with Crippen molar-refractivity contribution in [2.45, 2.75) is 6.04 Å². The predicted molar refractivity (Wildman–Crippen MR) is 77.0 cm³/mol. The second kappa shape index (κ2) is 4.12. The number of likely N-dealkylation sites (N-methyl/N-ethyl adjacent to an activating group) is 1. The molecule has 3 heterocycles. The number of amides is 2. The van der Waals surface area contributed by atoms with Crippen molar-refractivity contribution in [2.75, 3.05) is 33.2 Å². The van der Waals surface area contributed by atoms with Gasteiger partial charge in [-0.15, -0.1) is 0 Å². The van der Waals surface area contributed by atoms with Gasteiger partial charge in [0, 0.05) is 44.7 Å². The fourth-order valence-electron chi connectivity index (χ4n) is 3.27. The van der Waals surface area contributed by atoms with Crippen molar-refractivity contribution < 1.29 is 4.79 Å². The molecule has 2 saturated heterocycles. The number of nitrogens with zero attached hydrogens (tertiary/aromatic N) is 4. The summed E-state index contributed by atoms with van der Waals surface area (Å²) in [6.07, 6.45) is 0. The third kappa shape index (κ3) is 1.57. The van der Waals surface area contributed by atoms with Crippen LogP contribution in [0.15, 0.2) is 29.3 Å². The number of fused-ring (bicyclic) bond motifs is 2. The van der Waals surface area contributed by atoms with Gasteiger partial charge in [0.25, 0.3) is 0 Å². The van der Waals surface area contributed by atoms with Gasteiger partial charge in [0.05, 0.1) is 11.7 Å². The maximum Gasteiger partial charge on any atom is 0.320 e. The van der Waals surface area contributed by atoms with Crippen LogP contribution in [0.2, 0.25) is 0 Å². The van der Waals surface area contributed by atoms with Gasteiger partial charge >= 0.3 is 6.03 Å². The lowest BCUT2D eigenvalue weighted by molar-refractivity contribution is 0.154. The third-order valence-electron chi connectivity index (χ3n) is 4.30. The fraction of sp³-hybridized carbons (Fsp3) is 0.400. The molecule has 1 aromatic carbocycles. The van der Waals surface area contributed by atoms with Crippen LogP contribution in [0.25, 0.3) is 5.70 Å². The average Bonchev–Trinajstić information content (AvgIpc) is 3.01. The van der Waals surface area contributed by atoms with Gasteiger partial charge in [-0.3, -0.25) is 0 Å². The molecule has 0 bridgehead atoms. The van der Waals surface area contributed by atoms with Gasteiger partial charge in [-0.05, 0) is 12.1 Å². The van der Waals surface area contributed by atoms with Gasteiger partial charge in [0.1, 0.15) is 5.70 Å². The number of para-hydroxylation sites is 1. The van der Waals surface area contributed by atoms with Gasteiger partial charge in [0.15, 0.2) is 0 Å². The second-order valence-corrected chi connectivity index (χ2v) is 5.55. The average molecular weight is 268 g/mol. The van der Waals surface area contributed by atoms with E-state index in [2.05, 4.69) is 21.8 Å². The standard InChI is InChI=1S/C15H16N4O/c1-17-9-11-10-18(6-7-19(11)15(17)20)14-8-16-13-5-3-2-4-12(13)14/h2-5,11H,6-7,9-10H2,1H3. The molecule has 1 aromatic rings. The van der Waals surface area contributed by atoms with E-state index in [4.69, 9.17) is 0 Å². The Morgan fingerprint density at radius 1 is 1.25 bits per heavy atom. The number of hydrogen-bond donors (Lipinski definition) is 0. The zero-order chi connectivity index (χ0) is 13.7. The highest BCUT2D eigenvalue weighted by molar-refractivity contribution is 5.98. The highest BCUT2D eigenvalue weighted by Gasteiger charge is 2.39. The van der Waals surface area contributed by atoms with Crippen LogP contribution in [-0.2, 0) is 0 Å². The molecule has 3 aliphatic heterocycles. The van der Waals surface area contributed by atoms with E-state index in [1.54, 1.807) is 4.90 Å². The number of aliphatic imine (C=N–C) groups is 1. The van der Waals surface area contributed by atoms with Gasteiger partial charge in [-0.1, -0.05) is 12.1 Å². The predicted octanol–water partition coefficient (Wildman–Crippen LogP) is 1.39. The van der Waals surface area contributed by atoms with Crippen LogP contribution in [0, 0.1) is 0 Å². The maximum absolute atomic E-state index is 12.0. The molecular weight excluding hydrogens is 252 g/mol. The van der Waals surface area contributed by atoms with E-state index in [9.17, 15) is 4.79 Å². The molecule has 2 fully saturated rings. The summed E-state index contributed by atoms with van der Waals surface area (Å²) in [5, 5.41) is 0. The number of carbonyl (C=O) groups is 1. The van der Waals surface area contributed by atoms with Gasteiger partial charge in [0.2, 0.25) is 0 Å². The first kappa shape index (κ1) is 11.6. The molecule has 1 atom stereocenters. The molecule has 5 heteroatoms. The Morgan fingerprint density at radius 2 is 2.10 bits per heavy atom. The lowest BCUT2D eigenvalue weighted by Gasteiger charge is -2.37. The molecule has 0 N–H and O–H groups in total. The number of urea groups is 1. The number of rotatable bonds is 1. The lowest BCUT2D eigenvalue weighted by Crippen LogP contribution is -2.51. The smallest absolute Gasteiger partial charge is 0.320 e.